The van der Waals surface area contributed by atoms with Gasteiger partial charge in [-0.1, -0.05) is 93.6 Å². The van der Waals surface area contributed by atoms with Crippen LogP contribution in [-0.2, 0) is 31.3 Å². The molecule has 1 aliphatic heterocycles. The largest absolute Gasteiger partial charge is 0.220 e. The minimum Gasteiger partial charge on any atom is -0.198 e. The molecule has 0 amide bonds. The first-order valence-corrected chi connectivity index (χ1v) is 15.9. The van der Waals surface area contributed by atoms with Crippen molar-refractivity contribution in [1.29, 1.82) is 0 Å². The molecule has 214 valence electrons. The average molecular weight is 571 g/mol. The van der Waals surface area contributed by atoms with Crippen LogP contribution in [-0.4, -0.2) is 0 Å². The Labute approximate surface area is 259 Å². The van der Waals surface area contributed by atoms with E-state index in [1.807, 2.05) is 0 Å². The van der Waals surface area contributed by atoms with Crippen molar-refractivity contribution in [2.75, 3.05) is 0 Å². The Hall–Kier alpha value is -4.82. The minimum atomic E-state index is 0.107. The molecule has 0 bridgehead atoms. The number of fused-ring (bicyclic) bond motifs is 12. The Morgan fingerprint density at radius 2 is 1.11 bits per heavy atom. The standard InChI is InChI=1S/C42H38N2/c1-42(2,3)32-17-15-31-16-18-35-36(39(31)28-32)19-20-38-37(35)23-27-44-26-22-29-10-4-6-12-33(29)40-14-8-9-24-43(40)25-21-30-11-5-7-13-34(30)41(38)44/h4-20,23-24,27-28H,21-22,25-26H2,1-3H3/q+2. The molecule has 0 radical (unpaired) electrons. The highest BCUT2D eigenvalue weighted by molar-refractivity contribution is 6.18. The third-order valence-electron chi connectivity index (χ3n) is 9.64. The van der Waals surface area contributed by atoms with E-state index in [4.69, 9.17) is 0 Å². The zero-order valence-corrected chi connectivity index (χ0v) is 25.8. The third-order valence-corrected chi connectivity index (χ3v) is 9.64. The summed E-state index contributed by atoms with van der Waals surface area (Å²) in [6, 6.07) is 43.3. The fourth-order valence-corrected chi connectivity index (χ4v) is 7.25. The molecular formula is C42H38N2+2. The summed E-state index contributed by atoms with van der Waals surface area (Å²) in [6.45, 7) is 8.73. The van der Waals surface area contributed by atoms with E-state index in [-0.39, 0.29) is 5.41 Å². The maximum Gasteiger partial charge on any atom is 0.220 e. The summed E-state index contributed by atoms with van der Waals surface area (Å²) in [5.74, 6) is 0. The summed E-state index contributed by atoms with van der Waals surface area (Å²) in [4.78, 5) is 0. The lowest BCUT2D eigenvalue weighted by atomic mass is 9.85. The van der Waals surface area contributed by atoms with Crippen molar-refractivity contribution in [3.05, 3.63) is 144 Å². The Kier molecular flexibility index (Phi) is 6.34. The average Bonchev–Trinajstić information content (AvgIpc) is 3.05. The topological polar surface area (TPSA) is 7.76 Å². The van der Waals surface area contributed by atoms with E-state index in [2.05, 4.69) is 158 Å². The van der Waals surface area contributed by atoms with Gasteiger partial charge >= 0.3 is 0 Å². The summed E-state index contributed by atoms with van der Waals surface area (Å²) in [6.07, 6.45) is 6.50. The van der Waals surface area contributed by atoms with Crippen LogP contribution in [0.5, 0.6) is 0 Å². The summed E-state index contributed by atoms with van der Waals surface area (Å²) in [5, 5.41) is 7.92. The molecule has 1 aliphatic rings. The molecule has 5 aromatic carbocycles. The Bertz CT molecular complexity index is 2220. The van der Waals surface area contributed by atoms with Crippen molar-refractivity contribution >= 4 is 32.3 Å². The summed E-state index contributed by atoms with van der Waals surface area (Å²) < 4.78 is 4.93. The lowest BCUT2D eigenvalue weighted by Crippen LogP contribution is -2.39. The van der Waals surface area contributed by atoms with E-state index in [1.54, 1.807) is 0 Å². The van der Waals surface area contributed by atoms with Crippen LogP contribution in [0.15, 0.2) is 128 Å². The van der Waals surface area contributed by atoms with Gasteiger partial charge in [0.25, 0.3) is 0 Å². The number of hydrogen-bond acceptors (Lipinski definition) is 0. The highest BCUT2D eigenvalue weighted by Gasteiger charge is 2.25. The van der Waals surface area contributed by atoms with Gasteiger partial charge in [-0.15, -0.1) is 0 Å². The van der Waals surface area contributed by atoms with Gasteiger partial charge in [0.05, 0.1) is 10.9 Å². The molecule has 0 N–H and O–H groups in total. The number of hydrogen-bond donors (Lipinski definition) is 0. The molecule has 0 spiro atoms. The second kappa shape index (κ2) is 10.4. The monoisotopic (exact) mass is 570 g/mol. The predicted octanol–water partition coefficient (Wildman–Crippen LogP) is 9.15. The number of pyridine rings is 2. The maximum atomic E-state index is 2.50. The number of benzene rings is 5. The van der Waals surface area contributed by atoms with Crippen molar-refractivity contribution in [2.45, 2.75) is 52.1 Å². The van der Waals surface area contributed by atoms with Crippen LogP contribution >= 0.6 is 0 Å². The first-order chi connectivity index (χ1) is 21.5. The molecule has 0 fully saturated rings. The van der Waals surface area contributed by atoms with E-state index in [0.717, 1.165) is 25.9 Å². The number of aryl methyl sites for hydroxylation is 4. The molecule has 0 saturated heterocycles. The smallest absolute Gasteiger partial charge is 0.198 e. The summed E-state index contributed by atoms with van der Waals surface area (Å²) in [5.41, 5.74) is 9.53. The van der Waals surface area contributed by atoms with Gasteiger partial charge in [0.1, 0.15) is 0 Å². The van der Waals surface area contributed by atoms with Crippen LogP contribution in [0.1, 0.15) is 37.5 Å². The quantitative estimate of drug-likeness (QED) is 0.127. The van der Waals surface area contributed by atoms with E-state index in [0.29, 0.717) is 0 Å². The minimum absolute atomic E-state index is 0.107. The van der Waals surface area contributed by atoms with Gasteiger partial charge in [-0.2, -0.15) is 9.13 Å². The van der Waals surface area contributed by atoms with Crippen molar-refractivity contribution in [3.63, 3.8) is 0 Å². The van der Waals surface area contributed by atoms with Gasteiger partial charge in [0, 0.05) is 42.0 Å². The van der Waals surface area contributed by atoms with Gasteiger partial charge in [0.2, 0.25) is 11.4 Å². The Morgan fingerprint density at radius 1 is 0.500 bits per heavy atom. The lowest BCUT2D eigenvalue weighted by molar-refractivity contribution is -0.687. The molecule has 0 atom stereocenters. The number of aromatic nitrogens is 2. The molecule has 3 heterocycles. The molecule has 0 aliphatic carbocycles. The third kappa shape index (κ3) is 4.48. The van der Waals surface area contributed by atoms with E-state index >= 15 is 0 Å². The van der Waals surface area contributed by atoms with Crippen molar-refractivity contribution in [2.24, 2.45) is 0 Å². The fourth-order valence-electron chi connectivity index (χ4n) is 7.25. The summed E-state index contributed by atoms with van der Waals surface area (Å²) in [7, 11) is 0. The normalized spacial score (nSPS) is 13.4. The summed E-state index contributed by atoms with van der Waals surface area (Å²) >= 11 is 0. The zero-order valence-electron chi connectivity index (χ0n) is 25.8. The fraction of sp³-hybridized carbons (Fsp3) is 0.190. The second-order valence-corrected chi connectivity index (χ2v) is 13.3. The van der Waals surface area contributed by atoms with Gasteiger partial charge in [-0.3, -0.25) is 0 Å². The molecule has 8 rings (SSSR count). The number of nitrogens with zero attached hydrogens (tertiary/aromatic N) is 2. The van der Waals surface area contributed by atoms with E-state index < -0.39 is 0 Å². The Balaban J connectivity index is 1.37. The van der Waals surface area contributed by atoms with Crippen LogP contribution in [0.3, 0.4) is 0 Å². The first-order valence-electron chi connectivity index (χ1n) is 15.9. The van der Waals surface area contributed by atoms with Crippen LogP contribution in [0.2, 0.25) is 0 Å². The molecule has 7 aromatic rings. The van der Waals surface area contributed by atoms with Crippen molar-refractivity contribution < 1.29 is 9.13 Å². The predicted molar refractivity (Wildman–Crippen MR) is 183 cm³/mol. The maximum absolute atomic E-state index is 2.50. The van der Waals surface area contributed by atoms with Crippen molar-refractivity contribution in [3.8, 4) is 22.5 Å². The molecule has 0 unspecified atom stereocenters. The van der Waals surface area contributed by atoms with Gasteiger partial charge < -0.3 is 0 Å². The molecule has 2 nitrogen and oxygen atoms in total. The molecular weight excluding hydrogens is 532 g/mol. The van der Waals surface area contributed by atoms with Crippen molar-refractivity contribution in [1.82, 2.24) is 0 Å². The van der Waals surface area contributed by atoms with E-state index in [1.165, 1.54) is 71.5 Å². The molecule has 2 aromatic heterocycles. The number of rotatable bonds is 0. The highest BCUT2D eigenvalue weighted by atomic mass is 15.0. The lowest BCUT2D eigenvalue weighted by Gasteiger charge is -2.20. The van der Waals surface area contributed by atoms with E-state index in [9.17, 15) is 0 Å². The zero-order chi connectivity index (χ0) is 29.8. The second-order valence-electron chi connectivity index (χ2n) is 13.3. The van der Waals surface area contributed by atoms with Crippen LogP contribution in [0.25, 0.3) is 54.8 Å². The highest BCUT2D eigenvalue weighted by Crippen LogP contribution is 2.37. The van der Waals surface area contributed by atoms with Crippen LogP contribution < -0.4 is 9.13 Å². The van der Waals surface area contributed by atoms with Gasteiger partial charge in [0.15, 0.2) is 25.5 Å². The molecule has 44 heavy (non-hydrogen) atoms. The van der Waals surface area contributed by atoms with Crippen LogP contribution in [0, 0.1) is 0 Å². The SMILES string of the molecule is CC(C)(C)c1ccc2ccc3c4cc[n+]5c(c4ccc3c2c1)-c1ccccc1CC[n+]1ccccc1-c1ccccc1CC5. The Morgan fingerprint density at radius 3 is 1.93 bits per heavy atom. The molecule has 2 heteroatoms. The van der Waals surface area contributed by atoms with Crippen LogP contribution in [0.4, 0.5) is 0 Å². The van der Waals surface area contributed by atoms with Gasteiger partial charge in [-0.05, 0) is 67.9 Å². The first kappa shape index (κ1) is 26.8. The molecule has 0 saturated carbocycles. The van der Waals surface area contributed by atoms with Gasteiger partial charge in [-0.25, -0.2) is 0 Å².